The van der Waals surface area contributed by atoms with Crippen molar-refractivity contribution >= 4 is 21.7 Å². The van der Waals surface area contributed by atoms with Gasteiger partial charge in [0.1, 0.15) is 6.33 Å². The van der Waals surface area contributed by atoms with Gasteiger partial charge in [0.2, 0.25) is 10.0 Å². The first-order chi connectivity index (χ1) is 21.1. The van der Waals surface area contributed by atoms with Crippen LogP contribution in [0.25, 0.3) is 0 Å². The SMILES string of the molecule is COc1c(NCC2CCCC(Cc3cccc(C)c3)O2)ncnc1C(=O)N1CCC(N2CCC(N(C)S(C)(=O)=O)CC2)CC1. The van der Waals surface area contributed by atoms with Gasteiger partial charge in [0.15, 0.2) is 17.3 Å². The van der Waals surface area contributed by atoms with Crippen molar-refractivity contribution in [2.45, 2.75) is 82.6 Å². The van der Waals surface area contributed by atoms with Crippen molar-refractivity contribution in [1.29, 1.82) is 0 Å². The number of amides is 1. The van der Waals surface area contributed by atoms with Crippen molar-refractivity contribution in [2.75, 3.05) is 58.5 Å². The molecule has 0 radical (unpaired) electrons. The third kappa shape index (κ3) is 8.07. The highest BCUT2D eigenvalue weighted by Gasteiger charge is 2.34. The number of piperidine rings is 2. The van der Waals surface area contributed by atoms with E-state index in [4.69, 9.17) is 9.47 Å². The van der Waals surface area contributed by atoms with E-state index >= 15 is 0 Å². The number of carbonyl (C=O) groups is 1. The predicted octanol–water partition coefficient (Wildman–Crippen LogP) is 3.35. The third-order valence-electron chi connectivity index (χ3n) is 9.50. The van der Waals surface area contributed by atoms with Gasteiger partial charge in [-0.3, -0.25) is 4.79 Å². The van der Waals surface area contributed by atoms with E-state index in [0.29, 0.717) is 37.2 Å². The molecule has 3 aliphatic heterocycles. The number of anilines is 1. The number of aryl methyl sites for hydroxylation is 1. The van der Waals surface area contributed by atoms with Crippen LogP contribution in [0.15, 0.2) is 30.6 Å². The fourth-order valence-electron chi connectivity index (χ4n) is 6.91. The number of hydrogen-bond donors (Lipinski definition) is 1. The maximum absolute atomic E-state index is 13.6. The number of methoxy groups -OCH3 is 1. The van der Waals surface area contributed by atoms with Gasteiger partial charge in [0.05, 0.1) is 25.6 Å². The number of nitrogens with zero attached hydrogens (tertiary/aromatic N) is 5. The first kappa shape index (κ1) is 32.6. The molecule has 0 bridgehead atoms. The van der Waals surface area contributed by atoms with Crippen molar-refractivity contribution in [3.63, 3.8) is 0 Å². The van der Waals surface area contributed by atoms with Gasteiger partial charge in [-0.1, -0.05) is 29.8 Å². The second-order valence-electron chi connectivity index (χ2n) is 12.6. The lowest BCUT2D eigenvalue weighted by molar-refractivity contribution is -0.0415. The zero-order chi connectivity index (χ0) is 31.3. The molecule has 2 aromatic rings. The molecule has 2 unspecified atom stereocenters. The first-order valence-electron chi connectivity index (χ1n) is 15.9. The Morgan fingerprint density at radius 3 is 2.48 bits per heavy atom. The van der Waals surface area contributed by atoms with E-state index in [9.17, 15) is 13.2 Å². The molecule has 1 N–H and O–H groups in total. The van der Waals surface area contributed by atoms with E-state index in [2.05, 4.69) is 51.4 Å². The van der Waals surface area contributed by atoms with Gasteiger partial charge in [0.25, 0.3) is 5.91 Å². The fraction of sp³-hybridized carbons (Fsp3) is 0.656. The highest BCUT2D eigenvalue weighted by atomic mass is 32.2. The van der Waals surface area contributed by atoms with Gasteiger partial charge in [0, 0.05) is 38.8 Å². The number of benzene rings is 1. The van der Waals surface area contributed by atoms with E-state index in [1.165, 1.54) is 28.0 Å². The number of aromatic nitrogens is 2. The van der Waals surface area contributed by atoms with Crippen LogP contribution in [0.4, 0.5) is 5.82 Å². The standard InChI is InChI=1S/C32H48N6O5S/c1-23-7-5-8-24(19-23)20-27-9-6-10-28(43-27)21-33-31-30(42-3)29(34-22-35-31)32(39)38-17-13-26(14-18-38)37-15-11-25(12-16-37)36(2)44(4,40)41/h5,7-8,19,22,25-28H,6,9-18,20-21H2,1-4H3,(H,33,34,35). The van der Waals surface area contributed by atoms with Crippen molar-refractivity contribution in [3.8, 4) is 5.75 Å². The van der Waals surface area contributed by atoms with Crippen molar-refractivity contribution < 1.29 is 22.7 Å². The van der Waals surface area contributed by atoms with Crippen LogP contribution in [-0.4, -0.2) is 116 Å². The molecule has 2 atom stereocenters. The average molecular weight is 629 g/mol. The minimum Gasteiger partial charge on any atom is -0.491 e. The minimum absolute atomic E-state index is 0.0493. The van der Waals surface area contributed by atoms with E-state index < -0.39 is 10.0 Å². The first-order valence-corrected chi connectivity index (χ1v) is 17.8. The summed E-state index contributed by atoms with van der Waals surface area (Å²) in [7, 11) is 0.0423. The van der Waals surface area contributed by atoms with Crippen LogP contribution in [0.1, 0.15) is 66.6 Å². The Morgan fingerprint density at radius 2 is 1.80 bits per heavy atom. The molecule has 0 aliphatic carbocycles. The van der Waals surface area contributed by atoms with Crippen LogP contribution >= 0.6 is 0 Å². The van der Waals surface area contributed by atoms with Crippen LogP contribution in [0.5, 0.6) is 5.75 Å². The molecule has 1 aromatic heterocycles. The molecule has 0 saturated carbocycles. The molecule has 3 aliphatic rings. The Morgan fingerprint density at radius 1 is 1.07 bits per heavy atom. The van der Waals surface area contributed by atoms with Crippen LogP contribution in [0.3, 0.4) is 0 Å². The summed E-state index contributed by atoms with van der Waals surface area (Å²) in [6, 6.07) is 9.05. The number of likely N-dealkylation sites (tertiary alicyclic amines) is 2. The summed E-state index contributed by atoms with van der Waals surface area (Å²) in [4.78, 5) is 26.7. The lowest BCUT2D eigenvalue weighted by Gasteiger charge is -2.43. The molecule has 5 rings (SSSR count). The second-order valence-corrected chi connectivity index (χ2v) is 14.6. The number of hydrogen-bond acceptors (Lipinski definition) is 9. The van der Waals surface area contributed by atoms with Gasteiger partial charge < -0.3 is 24.6 Å². The summed E-state index contributed by atoms with van der Waals surface area (Å²) in [5.74, 6) is 0.724. The fourth-order valence-corrected chi connectivity index (χ4v) is 7.66. The van der Waals surface area contributed by atoms with Gasteiger partial charge >= 0.3 is 0 Å². The van der Waals surface area contributed by atoms with Gasteiger partial charge in [-0.05, 0) is 76.9 Å². The Balaban J connectivity index is 1.13. The summed E-state index contributed by atoms with van der Waals surface area (Å²) >= 11 is 0. The smallest absolute Gasteiger partial charge is 0.276 e. The van der Waals surface area contributed by atoms with Gasteiger partial charge in [-0.2, -0.15) is 0 Å². The number of nitrogens with one attached hydrogen (secondary N) is 1. The molecule has 3 saturated heterocycles. The molecule has 1 aromatic carbocycles. The Kier molecular flexibility index (Phi) is 10.8. The number of rotatable bonds is 10. The average Bonchev–Trinajstić information content (AvgIpc) is 3.03. The maximum atomic E-state index is 13.6. The molecule has 0 spiro atoms. The Bertz CT molecular complexity index is 1370. The summed E-state index contributed by atoms with van der Waals surface area (Å²) in [6.07, 6.45) is 10.4. The van der Waals surface area contributed by atoms with Crippen molar-refractivity contribution in [3.05, 3.63) is 47.4 Å². The summed E-state index contributed by atoms with van der Waals surface area (Å²) in [6.45, 7) is 5.71. The number of carbonyl (C=O) groups excluding carboxylic acids is 1. The monoisotopic (exact) mass is 628 g/mol. The molecule has 11 nitrogen and oxygen atoms in total. The molecular weight excluding hydrogens is 580 g/mol. The Hall–Kier alpha value is -2.80. The molecule has 242 valence electrons. The zero-order valence-corrected chi connectivity index (χ0v) is 27.4. The van der Waals surface area contributed by atoms with Crippen molar-refractivity contribution in [2.24, 2.45) is 0 Å². The molecular formula is C32H48N6O5S. The molecule has 44 heavy (non-hydrogen) atoms. The maximum Gasteiger partial charge on any atom is 0.276 e. The van der Waals surface area contributed by atoms with Gasteiger partial charge in [-0.15, -0.1) is 0 Å². The van der Waals surface area contributed by atoms with Crippen LogP contribution in [0, 0.1) is 6.92 Å². The summed E-state index contributed by atoms with van der Waals surface area (Å²) in [5.41, 5.74) is 2.84. The predicted molar refractivity (Wildman–Crippen MR) is 171 cm³/mol. The highest BCUT2D eigenvalue weighted by Crippen LogP contribution is 2.30. The highest BCUT2D eigenvalue weighted by molar-refractivity contribution is 7.88. The molecule has 1 amide bonds. The zero-order valence-electron chi connectivity index (χ0n) is 26.6. The van der Waals surface area contributed by atoms with Crippen LogP contribution < -0.4 is 10.1 Å². The second kappa shape index (κ2) is 14.5. The van der Waals surface area contributed by atoms with Crippen LogP contribution in [0.2, 0.25) is 0 Å². The normalized spacial score (nSPS) is 22.7. The van der Waals surface area contributed by atoms with Crippen molar-refractivity contribution in [1.82, 2.24) is 24.1 Å². The van der Waals surface area contributed by atoms with E-state index in [-0.39, 0.29) is 29.9 Å². The summed E-state index contributed by atoms with van der Waals surface area (Å²) in [5, 5.41) is 3.38. The van der Waals surface area contributed by atoms with E-state index in [1.54, 1.807) is 14.2 Å². The lowest BCUT2D eigenvalue weighted by atomic mass is 9.97. The number of sulfonamides is 1. The largest absolute Gasteiger partial charge is 0.491 e. The Labute approximate surface area is 262 Å². The topological polar surface area (TPSA) is 117 Å². The van der Waals surface area contributed by atoms with Gasteiger partial charge in [-0.25, -0.2) is 22.7 Å². The minimum atomic E-state index is -3.18. The van der Waals surface area contributed by atoms with Crippen LogP contribution in [-0.2, 0) is 21.2 Å². The molecule has 12 heteroatoms. The lowest BCUT2D eigenvalue weighted by Crippen LogP contribution is -2.52. The van der Waals surface area contributed by atoms with E-state index in [0.717, 1.165) is 64.5 Å². The summed E-state index contributed by atoms with van der Waals surface area (Å²) < 4.78 is 37.5. The number of ether oxygens (including phenoxy) is 2. The molecule has 3 fully saturated rings. The quantitative estimate of drug-likeness (QED) is 0.423. The molecule has 4 heterocycles. The van der Waals surface area contributed by atoms with E-state index in [1.807, 2.05) is 4.90 Å². The third-order valence-corrected chi connectivity index (χ3v) is 10.8.